The number of nitrogens with zero attached hydrogens (tertiary/aromatic N) is 1. The van der Waals surface area contributed by atoms with E-state index in [1.807, 2.05) is 0 Å². The summed E-state index contributed by atoms with van der Waals surface area (Å²) in [6.07, 6.45) is 2.87. The van der Waals surface area contributed by atoms with Crippen LogP contribution in [-0.2, 0) is 4.79 Å². The van der Waals surface area contributed by atoms with Gasteiger partial charge in [-0.25, -0.2) is 0 Å². The first-order valence-corrected chi connectivity index (χ1v) is 7.88. The van der Waals surface area contributed by atoms with Crippen molar-refractivity contribution in [1.82, 2.24) is 5.32 Å². The number of nitro benzene ring substituents is 1. The molecule has 1 aliphatic carbocycles. The van der Waals surface area contributed by atoms with Gasteiger partial charge >= 0.3 is 0 Å². The van der Waals surface area contributed by atoms with Gasteiger partial charge in [0.05, 0.1) is 16.8 Å². The fourth-order valence-corrected chi connectivity index (χ4v) is 3.01. The smallest absolute Gasteiger partial charge is 0.269 e. The van der Waals surface area contributed by atoms with Crippen LogP contribution in [0.4, 0.5) is 5.69 Å². The van der Waals surface area contributed by atoms with Crippen LogP contribution in [0.25, 0.3) is 0 Å². The maximum absolute atomic E-state index is 11.8. The van der Waals surface area contributed by atoms with Crippen LogP contribution in [0.3, 0.4) is 0 Å². The summed E-state index contributed by atoms with van der Waals surface area (Å²) in [5.41, 5.74) is 0.0459. The molecule has 7 heteroatoms. The molecule has 0 saturated heterocycles. The van der Waals surface area contributed by atoms with Gasteiger partial charge < -0.3 is 10.4 Å². The number of nitrogens with one attached hydrogen (secondary N) is 1. The number of non-ortho nitro benzene ring substituents is 1. The number of hydrogen-bond donors (Lipinski definition) is 2. The lowest BCUT2D eigenvalue weighted by Gasteiger charge is -2.26. The fourth-order valence-electron chi connectivity index (χ4n) is 2.30. The van der Waals surface area contributed by atoms with Crippen LogP contribution >= 0.6 is 11.8 Å². The molecule has 0 heterocycles. The number of carbonyl (C=O) groups is 1. The van der Waals surface area contributed by atoms with E-state index < -0.39 is 4.92 Å². The van der Waals surface area contributed by atoms with Crippen molar-refractivity contribution in [2.24, 2.45) is 0 Å². The standard InChI is InChI=1S/C14H18N2O4S/c17-12-5-1-10(2-6-12)15-14(18)9-21-13-7-3-11(4-8-13)16(19)20/h3-4,7-8,10,12,17H,1-2,5-6,9H2,(H,15,18). The summed E-state index contributed by atoms with van der Waals surface area (Å²) in [6.45, 7) is 0. The quantitative estimate of drug-likeness (QED) is 0.493. The number of hydrogen-bond acceptors (Lipinski definition) is 5. The molecule has 1 amide bonds. The fraction of sp³-hybridized carbons (Fsp3) is 0.500. The molecule has 2 rings (SSSR count). The van der Waals surface area contributed by atoms with Crippen molar-refractivity contribution in [3.63, 3.8) is 0 Å². The molecule has 1 aromatic rings. The molecule has 0 bridgehead atoms. The molecule has 0 aliphatic heterocycles. The van der Waals surface area contributed by atoms with E-state index in [4.69, 9.17) is 0 Å². The van der Waals surface area contributed by atoms with Crippen LogP contribution in [0, 0.1) is 10.1 Å². The van der Waals surface area contributed by atoms with Crippen molar-refractivity contribution in [2.75, 3.05) is 5.75 Å². The summed E-state index contributed by atoms with van der Waals surface area (Å²) >= 11 is 1.35. The van der Waals surface area contributed by atoms with E-state index in [-0.39, 0.29) is 29.5 Å². The minimum Gasteiger partial charge on any atom is -0.393 e. The Morgan fingerprint density at radius 1 is 1.29 bits per heavy atom. The van der Waals surface area contributed by atoms with E-state index in [1.54, 1.807) is 12.1 Å². The normalized spacial score (nSPS) is 21.8. The Balaban J connectivity index is 1.74. The summed E-state index contributed by atoms with van der Waals surface area (Å²) in [5.74, 6) is 0.247. The van der Waals surface area contributed by atoms with Crippen LogP contribution in [0.5, 0.6) is 0 Å². The van der Waals surface area contributed by atoms with Crippen molar-refractivity contribution in [3.8, 4) is 0 Å². The molecule has 21 heavy (non-hydrogen) atoms. The zero-order valence-electron chi connectivity index (χ0n) is 11.5. The molecular weight excluding hydrogens is 292 g/mol. The van der Waals surface area contributed by atoms with E-state index in [0.717, 1.165) is 30.6 Å². The lowest BCUT2D eigenvalue weighted by atomic mass is 9.93. The van der Waals surface area contributed by atoms with Crippen molar-refractivity contribution >= 4 is 23.4 Å². The third-order valence-corrected chi connectivity index (χ3v) is 4.49. The number of amides is 1. The first-order chi connectivity index (χ1) is 10.0. The molecule has 114 valence electrons. The zero-order valence-corrected chi connectivity index (χ0v) is 12.3. The van der Waals surface area contributed by atoms with Crippen LogP contribution in [0.15, 0.2) is 29.2 Å². The second kappa shape index (κ2) is 7.42. The Morgan fingerprint density at radius 2 is 1.90 bits per heavy atom. The monoisotopic (exact) mass is 310 g/mol. The van der Waals surface area contributed by atoms with Crippen LogP contribution in [0.2, 0.25) is 0 Å². The van der Waals surface area contributed by atoms with Crippen LogP contribution < -0.4 is 5.32 Å². The highest BCUT2D eigenvalue weighted by Crippen LogP contribution is 2.22. The molecule has 1 fully saturated rings. The van der Waals surface area contributed by atoms with Gasteiger partial charge in [-0.05, 0) is 37.8 Å². The summed E-state index contributed by atoms with van der Waals surface area (Å²) in [4.78, 5) is 22.8. The Labute approximate surface area is 127 Å². The maximum atomic E-state index is 11.8. The minimum atomic E-state index is -0.446. The molecule has 6 nitrogen and oxygen atoms in total. The zero-order chi connectivity index (χ0) is 15.2. The number of benzene rings is 1. The lowest BCUT2D eigenvalue weighted by Crippen LogP contribution is -2.39. The molecule has 0 spiro atoms. The molecule has 0 radical (unpaired) electrons. The van der Waals surface area contributed by atoms with Gasteiger partial charge in [0.15, 0.2) is 0 Å². The number of nitro groups is 1. The SMILES string of the molecule is O=C(CSc1ccc([N+](=O)[O-])cc1)NC1CCC(O)CC1. The topological polar surface area (TPSA) is 92.5 Å². The van der Waals surface area contributed by atoms with E-state index in [1.165, 1.54) is 23.9 Å². The summed E-state index contributed by atoms with van der Waals surface area (Å²) in [5, 5.41) is 22.9. The molecule has 1 aliphatic rings. The molecule has 0 aromatic heterocycles. The summed E-state index contributed by atoms with van der Waals surface area (Å²) < 4.78 is 0. The molecule has 2 N–H and O–H groups in total. The number of aliphatic hydroxyl groups is 1. The summed E-state index contributed by atoms with van der Waals surface area (Å²) in [7, 11) is 0. The van der Waals surface area contributed by atoms with Gasteiger partial charge in [-0.1, -0.05) is 0 Å². The van der Waals surface area contributed by atoms with E-state index >= 15 is 0 Å². The first-order valence-electron chi connectivity index (χ1n) is 6.89. The van der Waals surface area contributed by atoms with Crippen molar-refractivity contribution in [1.29, 1.82) is 0 Å². The van der Waals surface area contributed by atoms with Gasteiger partial charge in [0.2, 0.25) is 5.91 Å². The van der Waals surface area contributed by atoms with Gasteiger partial charge in [0.25, 0.3) is 5.69 Å². The Morgan fingerprint density at radius 3 is 2.48 bits per heavy atom. The highest BCUT2D eigenvalue weighted by molar-refractivity contribution is 8.00. The Bertz CT molecular complexity index is 498. The van der Waals surface area contributed by atoms with Crippen molar-refractivity contribution < 1.29 is 14.8 Å². The average Bonchev–Trinajstić information content (AvgIpc) is 2.48. The largest absolute Gasteiger partial charge is 0.393 e. The number of thioether (sulfide) groups is 1. The Hall–Kier alpha value is -1.60. The number of carbonyl (C=O) groups excluding carboxylic acids is 1. The second-order valence-electron chi connectivity index (χ2n) is 5.11. The average molecular weight is 310 g/mol. The van der Waals surface area contributed by atoms with E-state index in [0.29, 0.717) is 0 Å². The highest BCUT2D eigenvalue weighted by Gasteiger charge is 2.20. The predicted molar refractivity (Wildman–Crippen MR) is 80.2 cm³/mol. The number of rotatable bonds is 5. The molecule has 0 unspecified atom stereocenters. The van der Waals surface area contributed by atoms with Crippen molar-refractivity contribution in [3.05, 3.63) is 34.4 Å². The molecular formula is C14H18N2O4S. The van der Waals surface area contributed by atoms with E-state index in [2.05, 4.69) is 5.32 Å². The third kappa shape index (κ3) is 5.02. The van der Waals surface area contributed by atoms with E-state index in [9.17, 15) is 20.0 Å². The highest BCUT2D eigenvalue weighted by atomic mass is 32.2. The van der Waals surface area contributed by atoms with Gasteiger partial charge in [-0.15, -0.1) is 11.8 Å². The summed E-state index contributed by atoms with van der Waals surface area (Å²) in [6, 6.07) is 6.31. The van der Waals surface area contributed by atoms with Crippen molar-refractivity contribution in [2.45, 2.75) is 42.7 Å². The maximum Gasteiger partial charge on any atom is 0.269 e. The predicted octanol–water partition coefficient (Wildman–Crippen LogP) is 2.11. The third-order valence-electron chi connectivity index (χ3n) is 3.48. The molecule has 1 saturated carbocycles. The van der Waals surface area contributed by atoms with Gasteiger partial charge in [0.1, 0.15) is 0 Å². The van der Waals surface area contributed by atoms with Crippen LogP contribution in [-0.4, -0.2) is 33.8 Å². The van der Waals surface area contributed by atoms with Gasteiger partial charge in [-0.3, -0.25) is 14.9 Å². The molecule has 1 aromatic carbocycles. The van der Waals surface area contributed by atoms with Crippen LogP contribution in [0.1, 0.15) is 25.7 Å². The second-order valence-corrected chi connectivity index (χ2v) is 6.16. The molecule has 0 atom stereocenters. The Kier molecular flexibility index (Phi) is 5.58. The lowest BCUT2D eigenvalue weighted by molar-refractivity contribution is -0.384. The first kappa shape index (κ1) is 15.8. The van der Waals surface area contributed by atoms with Gasteiger partial charge in [0, 0.05) is 23.1 Å². The minimum absolute atomic E-state index is 0.0419. The number of aliphatic hydroxyl groups excluding tert-OH is 1. The van der Waals surface area contributed by atoms with Gasteiger partial charge in [-0.2, -0.15) is 0 Å².